The molecule has 2 N–H and O–H groups in total. The number of ether oxygens (including phenoxy) is 1. The lowest BCUT2D eigenvalue weighted by atomic mass is 10.2. The largest absolute Gasteiger partial charge is 0.462 e. The first-order chi connectivity index (χ1) is 9.68. The molecule has 0 unspecified atom stereocenters. The Balaban J connectivity index is 3.34. The van der Waals surface area contributed by atoms with Gasteiger partial charge in [-0.2, -0.15) is 0 Å². The van der Waals surface area contributed by atoms with Crippen LogP contribution < -0.4 is 5.14 Å². The Labute approximate surface area is 129 Å². The van der Waals surface area contributed by atoms with Crippen molar-refractivity contribution >= 4 is 37.6 Å². The second kappa shape index (κ2) is 6.96. The summed E-state index contributed by atoms with van der Waals surface area (Å²) < 4.78 is 27.6. The number of carbonyl (C=O) groups is 1. The number of hydrogen-bond acceptors (Lipinski definition) is 6. The highest BCUT2D eigenvalue weighted by Crippen LogP contribution is 2.30. The molecule has 0 aliphatic heterocycles. The molecule has 21 heavy (non-hydrogen) atoms. The summed E-state index contributed by atoms with van der Waals surface area (Å²) in [6.07, 6.45) is 1.42. The predicted octanol–water partition coefficient (Wildman–Crippen LogP) is 1.96. The Morgan fingerprint density at radius 2 is 2.10 bits per heavy atom. The van der Waals surface area contributed by atoms with E-state index in [4.69, 9.17) is 9.88 Å². The molecule has 10 heteroatoms. The molecule has 0 amide bonds. The number of hydrogen-bond donors (Lipinski definition) is 1. The van der Waals surface area contributed by atoms with E-state index < -0.39 is 31.5 Å². The van der Waals surface area contributed by atoms with Crippen LogP contribution in [-0.4, -0.2) is 25.9 Å². The molecule has 0 radical (unpaired) electrons. The van der Waals surface area contributed by atoms with Crippen LogP contribution in [0.25, 0.3) is 0 Å². The topological polar surface area (TPSA) is 130 Å². The Morgan fingerprint density at radius 1 is 1.48 bits per heavy atom. The first-order valence-electron chi connectivity index (χ1n) is 5.86. The van der Waals surface area contributed by atoms with Crippen LogP contribution in [0.5, 0.6) is 0 Å². The number of nitro groups is 1. The lowest BCUT2D eigenvalue weighted by Crippen LogP contribution is -2.16. The molecule has 0 aromatic heterocycles. The van der Waals surface area contributed by atoms with Crippen molar-refractivity contribution in [3.8, 4) is 0 Å². The number of nitrogens with two attached hydrogens (primary N) is 1. The molecule has 1 rings (SSSR count). The number of non-ortho nitro benzene ring substituents is 1. The van der Waals surface area contributed by atoms with Gasteiger partial charge in [0.05, 0.1) is 21.6 Å². The van der Waals surface area contributed by atoms with Crippen LogP contribution in [0.3, 0.4) is 0 Å². The average molecular weight is 381 g/mol. The van der Waals surface area contributed by atoms with Crippen LogP contribution in [-0.2, 0) is 14.8 Å². The normalized spacial score (nSPS) is 11.2. The van der Waals surface area contributed by atoms with E-state index in [2.05, 4.69) is 15.9 Å². The molecular weight excluding hydrogens is 368 g/mol. The molecule has 0 aliphatic rings. The number of halogens is 1. The van der Waals surface area contributed by atoms with E-state index in [1.807, 2.05) is 6.92 Å². The second-order valence-corrected chi connectivity index (χ2v) is 6.42. The molecule has 0 saturated carbocycles. The molecule has 8 nitrogen and oxygen atoms in total. The maximum absolute atomic E-state index is 11.9. The minimum Gasteiger partial charge on any atom is -0.462 e. The first-order valence-corrected chi connectivity index (χ1v) is 8.20. The molecular formula is C11H13BrN2O6S. The molecule has 1 aromatic carbocycles. The molecule has 0 fully saturated rings. The van der Waals surface area contributed by atoms with E-state index in [1.54, 1.807) is 0 Å². The fourth-order valence-corrected chi connectivity index (χ4v) is 3.14. The van der Waals surface area contributed by atoms with E-state index >= 15 is 0 Å². The van der Waals surface area contributed by atoms with Gasteiger partial charge in [-0.1, -0.05) is 13.3 Å². The minimum atomic E-state index is -4.23. The van der Waals surface area contributed by atoms with Crippen LogP contribution in [0.4, 0.5) is 5.69 Å². The van der Waals surface area contributed by atoms with E-state index in [9.17, 15) is 23.3 Å². The van der Waals surface area contributed by atoms with Gasteiger partial charge in [-0.3, -0.25) is 10.1 Å². The first kappa shape index (κ1) is 17.5. The van der Waals surface area contributed by atoms with Crippen LogP contribution in [0.2, 0.25) is 0 Å². The third kappa shape index (κ3) is 4.48. The Morgan fingerprint density at radius 3 is 2.57 bits per heavy atom. The molecule has 0 bridgehead atoms. The van der Waals surface area contributed by atoms with Gasteiger partial charge in [-0.15, -0.1) is 0 Å². The summed E-state index contributed by atoms with van der Waals surface area (Å²) in [4.78, 5) is 21.4. The van der Waals surface area contributed by atoms with Gasteiger partial charge in [0.15, 0.2) is 0 Å². The van der Waals surface area contributed by atoms with Crippen LogP contribution in [0.15, 0.2) is 21.5 Å². The van der Waals surface area contributed by atoms with E-state index in [1.165, 1.54) is 0 Å². The van der Waals surface area contributed by atoms with Crippen LogP contribution in [0.1, 0.15) is 30.1 Å². The standard InChI is InChI=1S/C11H13BrN2O6S/c1-2-3-4-20-11(15)8-5-7(14(16)17)6-9(10(8)12)21(13,18)19/h5-6H,2-4H2,1H3,(H2,13,18,19). The van der Waals surface area contributed by atoms with E-state index in [0.717, 1.165) is 18.6 Å². The number of benzene rings is 1. The van der Waals surface area contributed by atoms with Gasteiger partial charge >= 0.3 is 5.97 Å². The zero-order valence-electron chi connectivity index (χ0n) is 11.0. The fourth-order valence-electron chi connectivity index (χ4n) is 1.43. The summed E-state index contributed by atoms with van der Waals surface area (Å²) in [7, 11) is -4.23. The zero-order chi connectivity index (χ0) is 16.2. The van der Waals surface area contributed by atoms with Gasteiger partial charge in [0, 0.05) is 12.1 Å². The third-order valence-corrected chi connectivity index (χ3v) is 4.54. The number of nitrogens with zero attached hydrogens (tertiary/aromatic N) is 1. The summed E-state index contributed by atoms with van der Waals surface area (Å²) >= 11 is 2.93. The number of rotatable bonds is 6. The Kier molecular flexibility index (Phi) is 5.81. The summed E-state index contributed by atoms with van der Waals surface area (Å²) in [6.45, 7) is 2.03. The van der Waals surface area contributed by atoms with Crippen molar-refractivity contribution < 1.29 is 22.9 Å². The van der Waals surface area contributed by atoms with Crippen molar-refractivity contribution in [3.63, 3.8) is 0 Å². The quantitative estimate of drug-likeness (QED) is 0.347. The number of primary sulfonamides is 1. The maximum atomic E-state index is 11.9. The van der Waals surface area contributed by atoms with Gasteiger partial charge in [0.25, 0.3) is 5.69 Å². The van der Waals surface area contributed by atoms with E-state index in [0.29, 0.717) is 6.42 Å². The highest BCUT2D eigenvalue weighted by molar-refractivity contribution is 9.10. The zero-order valence-corrected chi connectivity index (χ0v) is 13.4. The molecule has 1 aromatic rings. The van der Waals surface area contributed by atoms with E-state index in [-0.39, 0.29) is 16.6 Å². The summed E-state index contributed by atoms with van der Waals surface area (Å²) in [5, 5.41) is 15.8. The summed E-state index contributed by atoms with van der Waals surface area (Å²) in [6, 6.07) is 1.72. The lowest BCUT2D eigenvalue weighted by Gasteiger charge is -2.09. The molecule has 0 heterocycles. The number of carbonyl (C=O) groups excluding carboxylic acids is 1. The van der Waals surface area contributed by atoms with Crippen molar-refractivity contribution in [2.45, 2.75) is 24.7 Å². The molecule has 116 valence electrons. The lowest BCUT2D eigenvalue weighted by molar-refractivity contribution is -0.385. The summed E-state index contributed by atoms with van der Waals surface area (Å²) in [5.41, 5.74) is -0.825. The fraction of sp³-hybridized carbons (Fsp3) is 0.364. The van der Waals surface area contributed by atoms with Gasteiger partial charge < -0.3 is 4.74 Å². The van der Waals surface area contributed by atoms with Crippen LogP contribution in [0, 0.1) is 10.1 Å². The third-order valence-electron chi connectivity index (χ3n) is 2.49. The SMILES string of the molecule is CCCCOC(=O)c1cc([N+](=O)[O-])cc(S(N)(=O)=O)c1Br. The molecule has 0 aliphatic carbocycles. The molecule has 0 saturated heterocycles. The van der Waals surface area contributed by atoms with Crippen LogP contribution >= 0.6 is 15.9 Å². The average Bonchev–Trinajstić information content (AvgIpc) is 2.37. The van der Waals surface area contributed by atoms with Crippen molar-refractivity contribution in [1.29, 1.82) is 0 Å². The maximum Gasteiger partial charge on any atom is 0.339 e. The van der Waals surface area contributed by atoms with Gasteiger partial charge in [-0.25, -0.2) is 18.4 Å². The minimum absolute atomic E-state index is 0.134. The van der Waals surface area contributed by atoms with Gasteiger partial charge in [-0.05, 0) is 22.4 Å². The second-order valence-electron chi connectivity index (χ2n) is 4.10. The predicted molar refractivity (Wildman–Crippen MR) is 77.4 cm³/mol. The van der Waals surface area contributed by atoms with Crippen molar-refractivity contribution in [3.05, 3.63) is 32.3 Å². The van der Waals surface area contributed by atoms with Crippen molar-refractivity contribution in [2.75, 3.05) is 6.61 Å². The smallest absolute Gasteiger partial charge is 0.339 e. The molecule has 0 spiro atoms. The number of esters is 1. The monoisotopic (exact) mass is 380 g/mol. The number of unbranched alkanes of at least 4 members (excludes halogenated alkanes) is 1. The van der Waals surface area contributed by atoms with Gasteiger partial charge in [0.1, 0.15) is 4.90 Å². The Bertz CT molecular complexity index is 674. The summed E-state index contributed by atoms with van der Waals surface area (Å²) in [5.74, 6) is -0.857. The highest BCUT2D eigenvalue weighted by Gasteiger charge is 2.25. The van der Waals surface area contributed by atoms with Crippen molar-refractivity contribution in [1.82, 2.24) is 0 Å². The van der Waals surface area contributed by atoms with Crippen molar-refractivity contribution in [2.24, 2.45) is 5.14 Å². The highest BCUT2D eigenvalue weighted by atomic mass is 79.9. The Hall–Kier alpha value is -1.52. The number of nitro benzene ring substituents is 1. The number of sulfonamides is 1. The van der Waals surface area contributed by atoms with Gasteiger partial charge in [0.2, 0.25) is 10.0 Å². The molecule has 0 atom stereocenters.